The SMILES string of the molecule is OCC(NC1CCCCC1)C1CCCC1. The number of nitrogens with one attached hydrogen (secondary N) is 1. The first-order valence-corrected chi connectivity index (χ1v) is 6.77. The monoisotopic (exact) mass is 211 g/mol. The van der Waals surface area contributed by atoms with Gasteiger partial charge in [0, 0.05) is 12.1 Å². The summed E-state index contributed by atoms with van der Waals surface area (Å²) in [5.41, 5.74) is 0. The highest BCUT2D eigenvalue weighted by molar-refractivity contribution is 4.84. The van der Waals surface area contributed by atoms with E-state index in [1.54, 1.807) is 0 Å². The molecule has 0 bridgehead atoms. The van der Waals surface area contributed by atoms with Crippen LogP contribution in [0.4, 0.5) is 0 Å². The molecule has 0 aromatic rings. The quantitative estimate of drug-likeness (QED) is 0.748. The molecule has 2 saturated carbocycles. The molecule has 1 atom stereocenters. The van der Waals surface area contributed by atoms with E-state index in [0.29, 0.717) is 18.7 Å². The molecule has 2 aliphatic carbocycles. The average molecular weight is 211 g/mol. The Bertz CT molecular complexity index is 171. The molecule has 0 spiro atoms. The van der Waals surface area contributed by atoms with Crippen molar-refractivity contribution in [3.8, 4) is 0 Å². The molecule has 0 saturated heterocycles. The van der Waals surface area contributed by atoms with Gasteiger partial charge in [0.1, 0.15) is 0 Å². The molecule has 0 aliphatic heterocycles. The summed E-state index contributed by atoms with van der Waals surface area (Å²) in [7, 11) is 0. The smallest absolute Gasteiger partial charge is 0.0587 e. The minimum Gasteiger partial charge on any atom is -0.395 e. The van der Waals surface area contributed by atoms with Gasteiger partial charge in [0.25, 0.3) is 0 Å². The van der Waals surface area contributed by atoms with Gasteiger partial charge >= 0.3 is 0 Å². The molecule has 0 amide bonds. The Morgan fingerprint density at radius 2 is 1.53 bits per heavy atom. The van der Waals surface area contributed by atoms with Crippen molar-refractivity contribution >= 4 is 0 Å². The second-order valence-electron chi connectivity index (χ2n) is 5.34. The summed E-state index contributed by atoms with van der Waals surface area (Å²) in [6.45, 7) is 0.334. The summed E-state index contributed by atoms with van der Waals surface area (Å²) >= 11 is 0. The van der Waals surface area contributed by atoms with E-state index in [1.807, 2.05) is 0 Å². The van der Waals surface area contributed by atoms with Crippen LogP contribution in [0.5, 0.6) is 0 Å². The van der Waals surface area contributed by atoms with Crippen molar-refractivity contribution < 1.29 is 5.11 Å². The Morgan fingerprint density at radius 3 is 2.13 bits per heavy atom. The van der Waals surface area contributed by atoms with E-state index < -0.39 is 0 Å². The molecule has 0 aromatic heterocycles. The number of aliphatic hydroxyl groups excluding tert-OH is 1. The van der Waals surface area contributed by atoms with Gasteiger partial charge in [0.15, 0.2) is 0 Å². The first-order valence-electron chi connectivity index (χ1n) is 6.77. The molecule has 0 heterocycles. The second kappa shape index (κ2) is 5.86. The summed E-state index contributed by atoms with van der Waals surface area (Å²) in [4.78, 5) is 0. The molecule has 88 valence electrons. The molecule has 2 rings (SSSR count). The largest absolute Gasteiger partial charge is 0.395 e. The Hall–Kier alpha value is -0.0800. The topological polar surface area (TPSA) is 32.3 Å². The Labute approximate surface area is 93.5 Å². The zero-order valence-corrected chi connectivity index (χ0v) is 9.75. The highest BCUT2D eigenvalue weighted by Gasteiger charge is 2.26. The van der Waals surface area contributed by atoms with E-state index in [0.717, 1.165) is 5.92 Å². The van der Waals surface area contributed by atoms with Crippen LogP contribution in [-0.4, -0.2) is 23.8 Å². The van der Waals surface area contributed by atoms with Crippen LogP contribution < -0.4 is 5.32 Å². The highest BCUT2D eigenvalue weighted by atomic mass is 16.3. The van der Waals surface area contributed by atoms with Gasteiger partial charge in [-0.1, -0.05) is 32.1 Å². The van der Waals surface area contributed by atoms with Crippen LogP contribution in [-0.2, 0) is 0 Å². The van der Waals surface area contributed by atoms with Crippen LogP contribution in [0.1, 0.15) is 57.8 Å². The second-order valence-corrected chi connectivity index (χ2v) is 5.34. The van der Waals surface area contributed by atoms with E-state index in [-0.39, 0.29) is 0 Å². The molecule has 2 N–H and O–H groups in total. The van der Waals surface area contributed by atoms with Crippen LogP contribution in [0.2, 0.25) is 0 Å². The van der Waals surface area contributed by atoms with Crippen molar-refractivity contribution in [3.05, 3.63) is 0 Å². The van der Waals surface area contributed by atoms with E-state index in [2.05, 4.69) is 5.32 Å². The summed E-state index contributed by atoms with van der Waals surface area (Å²) in [5, 5.41) is 13.2. The van der Waals surface area contributed by atoms with Gasteiger partial charge in [-0.3, -0.25) is 0 Å². The van der Waals surface area contributed by atoms with Crippen molar-refractivity contribution in [2.24, 2.45) is 5.92 Å². The average Bonchev–Trinajstić information content (AvgIpc) is 2.81. The number of aliphatic hydroxyl groups is 1. The molecule has 0 radical (unpaired) electrons. The molecular formula is C13H25NO. The van der Waals surface area contributed by atoms with Crippen LogP contribution >= 0.6 is 0 Å². The van der Waals surface area contributed by atoms with Gasteiger partial charge in [0.2, 0.25) is 0 Å². The Morgan fingerprint density at radius 1 is 0.933 bits per heavy atom. The summed E-state index contributed by atoms with van der Waals surface area (Å²) in [6.07, 6.45) is 12.2. The summed E-state index contributed by atoms with van der Waals surface area (Å²) < 4.78 is 0. The van der Waals surface area contributed by atoms with E-state index in [1.165, 1.54) is 57.8 Å². The Kier molecular flexibility index (Phi) is 4.45. The van der Waals surface area contributed by atoms with Crippen LogP contribution in [0.3, 0.4) is 0 Å². The number of hydrogen-bond donors (Lipinski definition) is 2. The third-order valence-corrected chi connectivity index (χ3v) is 4.22. The zero-order chi connectivity index (χ0) is 10.5. The molecule has 0 aromatic carbocycles. The maximum atomic E-state index is 9.45. The van der Waals surface area contributed by atoms with Gasteiger partial charge in [-0.2, -0.15) is 0 Å². The van der Waals surface area contributed by atoms with Crippen molar-refractivity contribution in [1.29, 1.82) is 0 Å². The van der Waals surface area contributed by atoms with Crippen molar-refractivity contribution in [3.63, 3.8) is 0 Å². The van der Waals surface area contributed by atoms with Crippen molar-refractivity contribution in [1.82, 2.24) is 5.32 Å². The minimum absolute atomic E-state index is 0.334. The number of hydrogen-bond acceptors (Lipinski definition) is 2. The van der Waals surface area contributed by atoms with Crippen molar-refractivity contribution in [2.45, 2.75) is 69.9 Å². The third kappa shape index (κ3) is 3.18. The maximum Gasteiger partial charge on any atom is 0.0587 e. The van der Waals surface area contributed by atoms with Gasteiger partial charge in [-0.05, 0) is 31.6 Å². The molecule has 2 fully saturated rings. The van der Waals surface area contributed by atoms with Gasteiger partial charge in [-0.25, -0.2) is 0 Å². The fraction of sp³-hybridized carbons (Fsp3) is 1.00. The lowest BCUT2D eigenvalue weighted by molar-refractivity contribution is 0.177. The van der Waals surface area contributed by atoms with Gasteiger partial charge < -0.3 is 10.4 Å². The summed E-state index contributed by atoms with van der Waals surface area (Å²) in [5.74, 6) is 0.747. The van der Waals surface area contributed by atoms with Crippen molar-refractivity contribution in [2.75, 3.05) is 6.61 Å². The van der Waals surface area contributed by atoms with Gasteiger partial charge in [-0.15, -0.1) is 0 Å². The number of rotatable bonds is 4. The molecule has 2 nitrogen and oxygen atoms in total. The minimum atomic E-state index is 0.334. The van der Waals surface area contributed by atoms with Crippen LogP contribution in [0.25, 0.3) is 0 Å². The highest BCUT2D eigenvalue weighted by Crippen LogP contribution is 2.28. The molecule has 2 heteroatoms. The molecule has 1 unspecified atom stereocenters. The fourth-order valence-corrected chi connectivity index (χ4v) is 3.27. The van der Waals surface area contributed by atoms with E-state index >= 15 is 0 Å². The fourth-order valence-electron chi connectivity index (χ4n) is 3.27. The van der Waals surface area contributed by atoms with E-state index in [9.17, 15) is 5.11 Å². The standard InChI is InChI=1S/C13H25NO/c15-10-13(11-6-4-5-7-11)14-12-8-2-1-3-9-12/h11-15H,1-10H2. The maximum absolute atomic E-state index is 9.45. The predicted octanol–water partition coefficient (Wildman–Crippen LogP) is 2.46. The summed E-state index contributed by atoms with van der Waals surface area (Å²) in [6, 6.07) is 1.08. The van der Waals surface area contributed by atoms with Crippen LogP contribution in [0.15, 0.2) is 0 Å². The van der Waals surface area contributed by atoms with Gasteiger partial charge in [0.05, 0.1) is 6.61 Å². The molecule has 15 heavy (non-hydrogen) atoms. The third-order valence-electron chi connectivity index (χ3n) is 4.22. The first kappa shape index (κ1) is 11.4. The normalized spacial score (nSPS) is 27.0. The zero-order valence-electron chi connectivity index (χ0n) is 9.75. The lowest BCUT2D eigenvalue weighted by atomic mass is 9.92. The van der Waals surface area contributed by atoms with Crippen LogP contribution in [0, 0.1) is 5.92 Å². The lowest BCUT2D eigenvalue weighted by Crippen LogP contribution is -2.45. The van der Waals surface area contributed by atoms with E-state index in [4.69, 9.17) is 0 Å². The molecule has 2 aliphatic rings. The Balaban J connectivity index is 1.78. The first-order chi connectivity index (χ1) is 7.40. The lowest BCUT2D eigenvalue weighted by Gasteiger charge is -2.30. The molecular weight excluding hydrogens is 186 g/mol. The predicted molar refractivity (Wildman–Crippen MR) is 62.8 cm³/mol.